The van der Waals surface area contributed by atoms with Crippen LogP contribution in [0, 0.1) is 0 Å². The molecule has 0 saturated carbocycles. The maximum atomic E-state index is 11.7. The van der Waals surface area contributed by atoms with Gasteiger partial charge < -0.3 is 9.26 Å². The molecule has 0 saturated heterocycles. The molecule has 0 atom stereocenters. The van der Waals surface area contributed by atoms with E-state index in [1.54, 1.807) is 48.9 Å². The third-order valence-corrected chi connectivity index (χ3v) is 3.74. The van der Waals surface area contributed by atoms with Gasteiger partial charge in [0.15, 0.2) is 0 Å². The predicted molar refractivity (Wildman–Crippen MR) is 89.6 cm³/mol. The molecule has 7 heteroatoms. The van der Waals surface area contributed by atoms with E-state index in [0.717, 1.165) is 16.5 Å². The minimum absolute atomic E-state index is 0.360. The number of fused-ring (bicyclic) bond motifs is 1. The van der Waals surface area contributed by atoms with E-state index in [2.05, 4.69) is 20.1 Å². The van der Waals surface area contributed by atoms with Crippen molar-refractivity contribution in [2.75, 3.05) is 7.11 Å². The summed E-state index contributed by atoms with van der Waals surface area (Å²) in [5.41, 5.74) is 2.63. The average Bonchev–Trinajstić information content (AvgIpc) is 3.17. The Bertz CT molecular complexity index is 1070. The van der Waals surface area contributed by atoms with Crippen LogP contribution in [0.2, 0.25) is 0 Å². The smallest absolute Gasteiger partial charge is 0.337 e. The third kappa shape index (κ3) is 2.72. The van der Waals surface area contributed by atoms with Crippen LogP contribution in [0.25, 0.3) is 33.7 Å². The van der Waals surface area contributed by atoms with Crippen molar-refractivity contribution >= 4 is 16.9 Å². The van der Waals surface area contributed by atoms with Crippen molar-refractivity contribution in [3.8, 4) is 22.8 Å². The monoisotopic (exact) mass is 332 g/mol. The summed E-state index contributed by atoms with van der Waals surface area (Å²) < 4.78 is 10.1. The van der Waals surface area contributed by atoms with Crippen LogP contribution in [0.4, 0.5) is 0 Å². The number of esters is 1. The number of aromatic nitrogens is 4. The molecule has 25 heavy (non-hydrogen) atoms. The number of ether oxygens (including phenoxy) is 1. The van der Waals surface area contributed by atoms with Gasteiger partial charge in [0.1, 0.15) is 0 Å². The Balaban J connectivity index is 1.77. The largest absolute Gasteiger partial charge is 0.465 e. The quantitative estimate of drug-likeness (QED) is 0.532. The lowest BCUT2D eigenvalue weighted by molar-refractivity contribution is 0.0601. The molecule has 1 aromatic carbocycles. The maximum absolute atomic E-state index is 11.7. The minimum Gasteiger partial charge on any atom is -0.465 e. The first-order valence-corrected chi connectivity index (χ1v) is 7.48. The van der Waals surface area contributed by atoms with Crippen LogP contribution in [-0.2, 0) is 4.74 Å². The number of pyridine rings is 2. The molecule has 0 amide bonds. The third-order valence-electron chi connectivity index (χ3n) is 3.74. The number of benzene rings is 1. The topological polar surface area (TPSA) is 91.0 Å². The lowest BCUT2D eigenvalue weighted by Gasteiger charge is -2.01. The van der Waals surface area contributed by atoms with Gasteiger partial charge >= 0.3 is 5.97 Å². The van der Waals surface area contributed by atoms with E-state index in [1.165, 1.54) is 7.11 Å². The van der Waals surface area contributed by atoms with Crippen molar-refractivity contribution in [3.63, 3.8) is 0 Å². The van der Waals surface area contributed by atoms with E-state index in [1.807, 2.05) is 6.07 Å². The van der Waals surface area contributed by atoms with Gasteiger partial charge in [-0.1, -0.05) is 17.3 Å². The highest BCUT2D eigenvalue weighted by Crippen LogP contribution is 2.27. The zero-order valence-corrected chi connectivity index (χ0v) is 13.2. The molecule has 3 heterocycles. The Morgan fingerprint density at radius 3 is 2.96 bits per heavy atom. The van der Waals surface area contributed by atoms with Gasteiger partial charge in [0, 0.05) is 29.5 Å². The van der Waals surface area contributed by atoms with E-state index >= 15 is 0 Å². The zero-order valence-electron chi connectivity index (χ0n) is 13.2. The van der Waals surface area contributed by atoms with Crippen LogP contribution in [0.15, 0.2) is 59.5 Å². The highest BCUT2D eigenvalue weighted by molar-refractivity contribution is 5.92. The minimum atomic E-state index is -0.420. The Hall–Kier alpha value is -3.61. The first kappa shape index (κ1) is 14.9. The summed E-state index contributed by atoms with van der Waals surface area (Å²) in [7, 11) is 1.34. The van der Waals surface area contributed by atoms with Gasteiger partial charge in [0.05, 0.1) is 23.8 Å². The number of hydrogen-bond acceptors (Lipinski definition) is 7. The van der Waals surface area contributed by atoms with Gasteiger partial charge in [0.2, 0.25) is 5.82 Å². The first-order valence-electron chi connectivity index (χ1n) is 7.48. The maximum Gasteiger partial charge on any atom is 0.337 e. The molecular weight excluding hydrogens is 320 g/mol. The van der Waals surface area contributed by atoms with Crippen molar-refractivity contribution in [1.29, 1.82) is 0 Å². The van der Waals surface area contributed by atoms with E-state index < -0.39 is 5.97 Å². The zero-order chi connectivity index (χ0) is 17.2. The summed E-state index contributed by atoms with van der Waals surface area (Å²) in [4.78, 5) is 24.5. The molecule has 0 N–H and O–H groups in total. The van der Waals surface area contributed by atoms with Crippen molar-refractivity contribution in [2.24, 2.45) is 0 Å². The first-order chi connectivity index (χ1) is 12.3. The molecule has 122 valence electrons. The van der Waals surface area contributed by atoms with Crippen molar-refractivity contribution in [2.45, 2.75) is 0 Å². The Morgan fingerprint density at radius 1 is 1.16 bits per heavy atom. The van der Waals surface area contributed by atoms with E-state index in [0.29, 0.717) is 22.8 Å². The van der Waals surface area contributed by atoms with Gasteiger partial charge in [-0.15, -0.1) is 0 Å². The number of nitrogens with zero attached hydrogens (tertiary/aromatic N) is 4. The van der Waals surface area contributed by atoms with Gasteiger partial charge in [-0.25, -0.2) is 4.79 Å². The van der Waals surface area contributed by atoms with Crippen LogP contribution in [0.1, 0.15) is 10.4 Å². The van der Waals surface area contributed by atoms with Crippen molar-refractivity contribution in [3.05, 3.63) is 60.6 Å². The normalized spacial score (nSPS) is 10.8. The molecule has 7 nitrogen and oxygen atoms in total. The Morgan fingerprint density at radius 2 is 2.08 bits per heavy atom. The molecule has 0 fully saturated rings. The summed E-state index contributed by atoms with van der Waals surface area (Å²) in [6, 6.07) is 10.5. The Labute approximate surface area is 142 Å². The molecule has 0 aliphatic rings. The highest BCUT2D eigenvalue weighted by Gasteiger charge is 2.15. The fourth-order valence-electron chi connectivity index (χ4n) is 2.53. The molecule has 0 radical (unpaired) electrons. The van der Waals surface area contributed by atoms with E-state index in [4.69, 9.17) is 9.26 Å². The predicted octanol–water partition coefficient (Wildman–Crippen LogP) is 3.13. The summed E-state index contributed by atoms with van der Waals surface area (Å²) in [5, 5.41) is 4.84. The summed E-state index contributed by atoms with van der Waals surface area (Å²) in [5.74, 6) is 0.324. The summed E-state index contributed by atoms with van der Waals surface area (Å²) in [6.45, 7) is 0. The second-order valence-corrected chi connectivity index (χ2v) is 5.25. The average molecular weight is 332 g/mol. The molecular formula is C18H12N4O3. The van der Waals surface area contributed by atoms with Crippen LogP contribution in [0.5, 0.6) is 0 Å². The van der Waals surface area contributed by atoms with Crippen LogP contribution < -0.4 is 0 Å². The van der Waals surface area contributed by atoms with Crippen LogP contribution in [0.3, 0.4) is 0 Å². The molecule has 0 unspecified atom stereocenters. The number of carbonyl (C=O) groups is 1. The second kappa shape index (κ2) is 6.12. The molecule has 0 aliphatic heterocycles. The number of methoxy groups -OCH3 is 1. The van der Waals surface area contributed by atoms with Crippen LogP contribution >= 0.6 is 0 Å². The number of carbonyl (C=O) groups excluding carboxylic acids is 1. The number of rotatable bonds is 3. The van der Waals surface area contributed by atoms with Crippen LogP contribution in [-0.4, -0.2) is 33.2 Å². The van der Waals surface area contributed by atoms with Gasteiger partial charge in [-0.05, 0) is 24.3 Å². The number of hydrogen-bond donors (Lipinski definition) is 0. The Kier molecular flexibility index (Phi) is 3.66. The molecule has 4 aromatic rings. The van der Waals surface area contributed by atoms with Gasteiger partial charge in [-0.3, -0.25) is 9.97 Å². The van der Waals surface area contributed by atoms with Crippen molar-refractivity contribution in [1.82, 2.24) is 20.1 Å². The molecule has 0 bridgehead atoms. The molecule has 0 spiro atoms. The SMILES string of the molecule is COC(=O)c1cccc(-c2noc(-c3ccnc4ccncc34)n2)c1. The highest BCUT2D eigenvalue weighted by atomic mass is 16.5. The fourth-order valence-corrected chi connectivity index (χ4v) is 2.53. The lowest BCUT2D eigenvalue weighted by atomic mass is 10.1. The summed E-state index contributed by atoms with van der Waals surface area (Å²) in [6.07, 6.45) is 5.06. The summed E-state index contributed by atoms with van der Waals surface area (Å²) >= 11 is 0. The fraction of sp³-hybridized carbons (Fsp3) is 0.0556. The van der Waals surface area contributed by atoms with Gasteiger partial charge in [-0.2, -0.15) is 4.98 Å². The van der Waals surface area contributed by atoms with Gasteiger partial charge in [0.25, 0.3) is 5.89 Å². The van der Waals surface area contributed by atoms with Crippen molar-refractivity contribution < 1.29 is 14.1 Å². The molecule has 3 aromatic heterocycles. The lowest BCUT2D eigenvalue weighted by Crippen LogP contribution is -2.00. The molecule has 4 rings (SSSR count). The standard InChI is InChI=1S/C18H12N4O3/c1-24-18(23)12-4-2-3-11(9-12)16-21-17(25-22-16)13-5-8-20-15-6-7-19-10-14(13)15/h2-10H,1H3. The van der Waals surface area contributed by atoms with E-state index in [9.17, 15) is 4.79 Å². The molecule has 0 aliphatic carbocycles. The van der Waals surface area contributed by atoms with E-state index in [-0.39, 0.29) is 0 Å². The second-order valence-electron chi connectivity index (χ2n) is 5.25.